The second kappa shape index (κ2) is 5.42. The van der Waals surface area contributed by atoms with Crippen molar-refractivity contribution < 1.29 is 18.3 Å². The number of hydrogen-bond donors (Lipinski definition) is 3. The van der Waals surface area contributed by atoms with E-state index < -0.39 is 15.8 Å². The van der Waals surface area contributed by atoms with Gasteiger partial charge in [-0.15, -0.1) is 0 Å². The van der Waals surface area contributed by atoms with Gasteiger partial charge in [-0.2, -0.15) is 17.9 Å². The summed E-state index contributed by atoms with van der Waals surface area (Å²) in [5.41, 5.74) is -1.09. The highest BCUT2D eigenvalue weighted by Gasteiger charge is 2.28. The van der Waals surface area contributed by atoms with Gasteiger partial charge in [0, 0.05) is 32.7 Å². The van der Waals surface area contributed by atoms with Crippen molar-refractivity contribution in [3.8, 4) is 0 Å². The number of nitrogens with one attached hydrogen (secondary N) is 2. The van der Waals surface area contributed by atoms with Crippen LogP contribution in [0, 0.1) is 0 Å². The molecular formula is C9H20N2O4S. The monoisotopic (exact) mass is 252 g/mol. The zero-order chi connectivity index (χ0) is 12.2. The van der Waals surface area contributed by atoms with E-state index in [9.17, 15) is 13.5 Å². The third kappa shape index (κ3) is 5.76. The van der Waals surface area contributed by atoms with Crippen LogP contribution >= 0.6 is 0 Å². The molecule has 7 heteroatoms. The Kier molecular flexibility index (Phi) is 4.69. The maximum atomic E-state index is 11.4. The summed E-state index contributed by atoms with van der Waals surface area (Å²) in [5, 5.41) is 9.82. The molecule has 1 aliphatic carbocycles. The molecule has 0 aromatic carbocycles. The van der Waals surface area contributed by atoms with Gasteiger partial charge in [0.1, 0.15) is 0 Å². The maximum Gasteiger partial charge on any atom is 0.277 e. The topological polar surface area (TPSA) is 87.7 Å². The largest absolute Gasteiger partial charge is 0.389 e. The standard InChI is InChI=1S/C9H20N2O4S/c1-9(12,5-6-15-2)7-10-16(13,14)11-8-3-4-8/h8,10-12H,3-7H2,1-2H3. The number of aliphatic hydroxyl groups is 1. The highest BCUT2D eigenvalue weighted by Crippen LogP contribution is 2.19. The summed E-state index contributed by atoms with van der Waals surface area (Å²) >= 11 is 0. The Morgan fingerprint density at radius 3 is 2.62 bits per heavy atom. The van der Waals surface area contributed by atoms with Gasteiger partial charge in [-0.05, 0) is 19.8 Å². The molecule has 0 amide bonds. The molecule has 3 N–H and O–H groups in total. The van der Waals surface area contributed by atoms with Crippen molar-refractivity contribution in [2.24, 2.45) is 0 Å². The van der Waals surface area contributed by atoms with Crippen LogP contribution in [-0.2, 0) is 14.9 Å². The number of hydrogen-bond acceptors (Lipinski definition) is 4. The fourth-order valence-corrected chi connectivity index (χ4v) is 2.38. The van der Waals surface area contributed by atoms with E-state index in [0.717, 1.165) is 12.8 Å². The molecular weight excluding hydrogens is 232 g/mol. The van der Waals surface area contributed by atoms with Gasteiger partial charge in [0.05, 0.1) is 5.60 Å². The van der Waals surface area contributed by atoms with Crippen molar-refractivity contribution in [2.75, 3.05) is 20.3 Å². The third-order valence-corrected chi connectivity index (χ3v) is 3.55. The molecule has 1 fully saturated rings. The number of rotatable bonds is 8. The van der Waals surface area contributed by atoms with Crippen LogP contribution in [0.2, 0.25) is 0 Å². The van der Waals surface area contributed by atoms with Crippen molar-refractivity contribution in [1.82, 2.24) is 9.44 Å². The van der Waals surface area contributed by atoms with Crippen LogP contribution < -0.4 is 9.44 Å². The van der Waals surface area contributed by atoms with Gasteiger partial charge in [-0.1, -0.05) is 0 Å². The van der Waals surface area contributed by atoms with E-state index in [-0.39, 0.29) is 12.6 Å². The summed E-state index contributed by atoms with van der Waals surface area (Å²) in [6, 6.07) is 0.0708. The zero-order valence-electron chi connectivity index (χ0n) is 9.69. The van der Waals surface area contributed by atoms with Gasteiger partial charge in [-0.3, -0.25) is 0 Å². The molecule has 96 valence electrons. The predicted octanol–water partition coefficient (Wildman–Crippen LogP) is -0.640. The fourth-order valence-electron chi connectivity index (χ4n) is 1.12. The Labute approximate surface area is 96.6 Å². The molecule has 0 spiro atoms. The Morgan fingerprint density at radius 1 is 1.50 bits per heavy atom. The van der Waals surface area contributed by atoms with E-state index in [0.29, 0.717) is 13.0 Å². The smallest absolute Gasteiger partial charge is 0.277 e. The third-order valence-electron chi connectivity index (χ3n) is 2.39. The second-order valence-corrected chi connectivity index (χ2v) is 5.99. The lowest BCUT2D eigenvalue weighted by molar-refractivity contribution is 0.0291. The Hall–Kier alpha value is -0.210. The zero-order valence-corrected chi connectivity index (χ0v) is 10.5. The molecule has 1 aliphatic rings. The molecule has 1 atom stereocenters. The number of ether oxygens (including phenoxy) is 1. The average molecular weight is 252 g/mol. The summed E-state index contributed by atoms with van der Waals surface area (Å²) in [6.07, 6.45) is 2.16. The lowest BCUT2D eigenvalue weighted by atomic mass is 10.0. The summed E-state index contributed by atoms with van der Waals surface area (Å²) in [6.45, 7) is 1.95. The van der Waals surface area contributed by atoms with E-state index in [1.807, 2.05) is 0 Å². The van der Waals surface area contributed by atoms with Crippen molar-refractivity contribution in [1.29, 1.82) is 0 Å². The summed E-state index contributed by atoms with van der Waals surface area (Å²) in [5.74, 6) is 0. The highest BCUT2D eigenvalue weighted by molar-refractivity contribution is 7.87. The lowest BCUT2D eigenvalue weighted by Crippen LogP contribution is -2.46. The van der Waals surface area contributed by atoms with E-state index >= 15 is 0 Å². The van der Waals surface area contributed by atoms with Crippen LogP contribution in [0.1, 0.15) is 26.2 Å². The van der Waals surface area contributed by atoms with Gasteiger partial charge in [0.2, 0.25) is 0 Å². The van der Waals surface area contributed by atoms with Crippen molar-refractivity contribution in [3.63, 3.8) is 0 Å². The second-order valence-electron chi connectivity index (χ2n) is 4.46. The van der Waals surface area contributed by atoms with Crippen molar-refractivity contribution in [2.45, 2.75) is 37.8 Å². The summed E-state index contributed by atoms with van der Waals surface area (Å²) in [4.78, 5) is 0. The van der Waals surface area contributed by atoms with Crippen LogP contribution in [0.5, 0.6) is 0 Å². The minimum atomic E-state index is -3.48. The molecule has 0 heterocycles. The first-order chi connectivity index (χ1) is 7.35. The van der Waals surface area contributed by atoms with Crippen LogP contribution in [0.15, 0.2) is 0 Å². The van der Waals surface area contributed by atoms with Gasteiger partial charge < -0.3 is 9.84 Å². The minimum absolute atomic E-state index is 0.0155. The van der Waals surface area contributed by atoms with Gasteiger partial charge in [0.15, 0.2) is 0 Å². The maximum absolute atomic E-state index is 11.4. The molecule has 0 aliphatic heterocycles. The van der Waals surface area contributed by atoms with Crippen LogP contribution in [-0.4, -0.2) is 45.4 Å². The van der Waals surface area contributed by atoms with Gasteiger partial charge >= 0.3 is 0 Å². The van der Waals surface area contributed by atoms with E-state index in [2.05, 4.69) is 9.44 Å². The molecule has 0 radical (unpaired) electrons. The first kappa shape index (κ1) is 13.9. The first-order valence-corrected chi connectivity index (χ1v) is 6.81. The fraction of sp³-hybridized carbons (Fsp3) is 1.00. The molecule has 0 bridgehead atoms. The normalized spacial score (nSPS) is 20.7. The predicted molar refractivity (Wildman–Crippen MR) is 60.2 cm³/mol. The highest BCUT2D eigenvalue weighted by atomic mass is 32.2. The van der Waals surface area contributed by atoms with Gasteiger partial charge in [0.25, 0.3) is 10.2 Å². The summed E-state index contributed by atoms with van der Waals surface area (Å²) < 4.78 is 32.5. The first-order valence-electron chi connectivity index (χ1n) is 5.33. The average Bonchev–Trinajstić information content (AvgIpc) is 2.95. The van der Waals surface area contributed by atoms with Crippen LogP contribution in [0.3, 0.4) is 0 Å². The van der Waals surface area contributed by atoms with E-state index in [1.54, 1.807) is 6.92 Å². The Balaban J connectivity index is 2.30. The molecule has 1 unspecified atom stereocenters. The van der Waals surface area contributed by atoms with Crippen molar-refractivity contribution >= 4 is 10.2 Å². The van der Waals surface area contributed by atoms with Crippen LogP contribution in [0.25, 0.3) is 0 Å². The molecule has 0 aromatic rings. The minimum Gasteiger partial charge on any atom is -0.389 e. The number of methoxy groups -OCH3 is 1. The van der Waals surface area contributed by atoms with E-state index in [1.165, 1.54) is 7.11 Å². The quantitative estimate of drug-likeness (QED) is 0.536. The molecule has 0 aromatic heterocycles. The molecule has 0 saturated heterocycles. The van der Waals surface area contributed by atoms with E-state index in [4.69, 9.17) is 4.74 Å². The molecule has 1 rings (SSSR count). The lowest BCUT2D eigenvalue weighted by Gasteiger charge is -2.23. The van der Waals surface area contributed by atoms with Crippen molar-refractivity contribution in [3.05, 3.63) is 0 Å². The van der Waals surface area contributed by atoms with Crippen LogP contribution in [0.4, 0.5) is 0 Å². The summed E-state index contributed by atoms with van der Waals surface area (Å²) in [7, 11) is -1.94. The Bertz CT molecular complexity index is 311. The molecule has 1 saturated carbocycles. The van der Waals surface area contributed by atoms with Gasteiger partial charge in [-0.25, -0.2) is 0 Å². The SMILES string of the molecule is COCCC(C)(O)CNS(=O)(=O)NC1CC1. The Morgan fingerprint density at radius 2 is 2.12 bits per heavy atom. The molecule has 16 heavy (non-hydrogen) atoms. The molecule has 6 nitrogen and oxygen atoms in total.